The number of nitrogens with zero attached hydrogens (tertiary/aromatic N) is 1. The van der Waals surface area contributed by atoms with Gasteiger partial charge in [-0.25, -0.2) is 5.11 Å². The summed E-state index contributed by atoms with van der Waals surface area (Å²) in [7, 11) is 3.66. The third-order valence-electron chi connectivity index (χ3n) is 1.28. The van der Waals surface area contributed by atoms with E-state index in [2.05, 4.69) is 5.32 Å². The van der Waals surface area contributed by atoms with E-state index in [1.165, 1.54) is 0 Å². The maximum Gasteiger partial charge on any atom is 0.250 e. The van der Waals surface area contributed by atoms with Gasteiger partial charge in [-0.05, 0) is 21.0 Å². The average molecular weight is 145 g/mol. The second kappa shape index (κ2) is 4.24. The lowest BCUT2D eigenvalue weighted by Crippen LogP contribution is -2.43. The summed E-state index contributed by atoms with van der Waals surface area (Å²) in [4.78, 5) is 12.3. The minimum Gasteiger partial charge on any atom is -0.339 e. The molecule has 0 aromatic heterocycles. The summed E-state index contributed by atoms with van der Waals surface area (Å²) in [6.07, 6.45) is -0.0681. The molecule has 0 saturated heterocycles. The van der Waals surface area contributed by atoms with Crippen LogP contribution in [0.3, 0.4) is 0 Å². The van der Waals surface area contributed by atoms with Gasteiger partial charge in [0.25, 0.3) is 5.91 Å². The molecule has 4 heteroatoms. The second-order valence-corrected chi connectivity index (χ2v) is 2.35. The molecule has 0 rings (SSSR count). The van der Waals surface area contributed by atoms with E-state index >= 15 is 0 Å². The fourth-order valence-electron chi connectivity index (χ4n) is 0.404. The van der Waals surface area contributed by atoms with Gasteiger partial charge in [-0.3, -0.25) is 9.69 Å². The Labute approximate surface area is 60.8 Å². The third-order valence-corrected chi connectivity index (χ3v) is 1.28. The lowest BCUT2D eigenvalue weighted by molar-refractivity contribution is -0.127. The highest BCUT2D eigenvalue weighted by Gasteiger charge is 2.06. The predicted octanol–water partition coefficient (Wildman–Crippen LogP) is -0.559. The normalized spacial score (nSPS) is 13.3. The fraction of sp³-hybridized carbons (Fsp3) is 0.833. The Balaban J connectivity index is 3.57. The molecule has 0 spiro atoms. The Morgan fingerprint density at radius 1 is 1.60 bits per heavy atom. The topological polar surface area (TPSA) is 52.2 Å². The highest BCUT2D eigenvalue weighted by Crippen LogP contribution is 1.84. The van der Waals surface area contributed by atoms with Crippen molar-refractivity contribution in [1.82, 2.24) is 10.2 Å². The summed E-state index contributed by atoms with van der Waals surface area (Å²) in [5.74, 6) is -0.457. The van der Waals surface area contributed by atoms with Crippen molar-refractivity contribution in [2.75, 3.05) is 20.7 Å². The van der Waals surface area contributed by atoms with E-state index in [1.54, 1.807) is 0 Å². The molecule has 10 heavy (non-hydrogen) atoms. The van der Waals surface area contributed by atoms with E-state index in [-0.39, 0.29) is 6.17 Å². The monoisotopic (exact) mass is 145 g/mol. The minimum absolute atomic E-state index is 0.0681. The van der Waals surface area contributed by atoms with Crippen molar-refractivity contribution in [2.24, 2.45) is 0 Å². The molecular weight excluding hydrogens is 132 g/mol. The molecule has 0 aromatic rings. The summed E-state index contributed by atoms with van der Waals surface area (Å²) in [6, 6.07) is 0. The summed E-state index contributed by atoms with van der Waals surface area (Å²) in [5, 5.41) is 12.5. The smallest absolute Gasteiger partial charge is 0.250 e. The van der Waals surface area contributed by atoms with Crippen LogP contribution in [0.15, 0.2) is 0 Å². The van der Waals surface area contributed by atoms with Crippen LogP contribution in [-0.2, 0) is 9.90 Å². The van der Waals surface area contributed by atoms with E-state index < -0.39 is 12.5 Å². The van der Waals surface area contributed by atoms with Gasteiger partial charge in [0.15, 0.2) is 6.61 Å². The van der Waals surface area contributed by atoms with Crippen LogP contribution in [-0.4, -0.2) is 37.7 Å². The molecule has 0 aliphatic rings. The lowest BCUT2D eigenvalue weighted by atomic mass is 10.5. The van der Waals surface area contributed by atoms with Crippen molar-refractivity contribution in [3.8, 4) is 0 Å². The molecular formula is C6H13N2O2. The van der Waals surface area contributed by atoms with Crippen LogP contribution in [0.25, 0.3) is 0 Å². The lowest BCUT2D eigenvalue weighted by Gasteiger charge is -2.19. The zero-order chi connectivity index (χ0) is 8.15. The number of rotatable bonds is 3. The highest BCUT2D eigenvalue weighted by molar-refractivity contribution is 5.76. The van der Waals surface area contributed by atoms with Crippen molar-refractivity contribution in [1.29, 1.82) is 0 Å². The van der Waals surface area contributed by atoms with Crippen LogP contribution in [0.5, 0.6) is 0 Å². The first-order valence-corrected chi connectivity index (χ1v) is 3.12. The molecule has 0 aliphatic heterocycles. The number of carbonyl (C=O) groups excluding carboxylic acids is 1. The van der Waals surface area contributed by atoms with Crippen molar-refractivity contribution in [3.63, 3.8) is 0 Å². The zero-order valence-electron chi connectivity index (χ0n) is 6.55. The standard InChI is InChI=1S/C6H13N2O2/c1-5(8(2)3)7-6(10)4-9/h5H,4H2,1-3H3,(H,7,10). The molecule has 1 radical (unpaired) electrons. The van der Waals surface area contributed by atoms with Crippen LogP contribution >= 0.6 is 0 Å². The van der Waals surface area contributed by atoms with E-state index in [4.69, 9.17) is 0 Å². The van der Waals surface area contributed by atoms with E-state index in [9.17, 15) is 9.90 Å². The van der Waals surface area contributed by atoms with Crippen LogP contribution in [0.4, 0.5) is 0 Å². The number of amides is 1. The Kier molecular flexibility index (Phi) is 3.99. The van der Waals surface area contributed by atoms with E-state index in [0.717, 1.165) is 0 Å². The Bertz CT molecular complexity index is 114. The Hall–Kier alpha value is -0.610. The molecule has 0 aliphatic carbocycles. The van der Waals surface area contributed by atoms with E-state index in [0.29, 0.717) is 0 Å². The van der Waals surface area contributed by atoms with Gasteiger partial charge < -0.3 is 5.32 Å². The molecule has 1 unspecified atom stereocenters. The molecule has 0 saturated carbocycles. The zero-order valence-corrected chi connectivity index (χ0v) is 6.55. The number of hydrogen-bond donors (Lipinski definition) is 1. The van der Waals surface area contributed by atoms with Crippen molar-refractivity contribution in [3.05, 3.63) is 0 Å². The van der Waals surface area contributed by atoms with E-state index in [1.807, 2.05) is 25.9 Å². The van der Waals surface area contributed by atoms with Crippen LogP contribution in [0.2, 0.25) is 0 Å². The summed E-state index contributed by atoms with van der Waals surface area (Å²) < 4.78 is 0. The van der Waals surface area contributed by atoms with Gasteiger partial charge in [0.05, 0.1) is 6.17 Å². The van der Waals surface area contributed by atoms with Gasteiger partial charge >= 0.3 is 0 Å². The van der Waals surface area contributed by atoms with Gasteiger partial charge in [0, 0.05) is 0 Å². The molecule has 1 atom stereocenters. The highest BCUT2D eigenvalue weighted by atomic mass is 16.3. The molecule has 1 amide bonds. The molecule has 4 nitrogen and oxygen atoms in total. The summed E-state index contributed by atoms with van der Waals surface area (Å²) in [6.45, 7) is 1.12. The first-order chi connectivity index (χ1) is 4.57. The minimum atomic E-state index is -0.696. The number of carbonyl (C=O) groups is 1. The molecule has 59 valence electrons. The molecule has 0 aromatic carbocycles. The van der Waals surface area contributed by atoms with Crippen molar-refractivity contribution in [2.45, 2.75) is 13.1 Å². The van der Waals surface area contributed by atoms with Gasteiger partial charge in [-0.2, -0.15) is 0 Å². The molecule has 0 heterocycles. The van der Waals surface area contributed by atoms with Gasteiger partial charge in [-0.1, -0.05) is 0 Å². The number of nitrogens with one attached hydrogen (secondary N) is 1. The quantitative estimate of drug-likeness (QED) is 0.541. The van der Waals surface area contributed by atoms with Crippen LogP contribution in [0.1, 0.15) is 6.92 Å². The maximum absolute atomic E-state index is 10.5. The largest absolute Gasteiger partial charge is 0.339 e. The number of hydrogen-bond acceptors (Lipinski definition) is 2. The van der Waals surface area contributed by atoms with Crippen molar-refractivity contribution < 1.29 is 9.90 Å². The second-order valence-electron chi connectivity index (χ2n) is 2.35. The fourth-order valence-corrected chi connectivity index (χ4v) is 0.404. The maximum atomic E-state index is 10.5. The van der Waals surface area contributed by atoms with Crippen molar-refractivity contribution >= 4 is 5.91 Å². The first kappa shape index (κ1) is 9.39. The first-order valence-electron chi connectivity index (χ1n) is 3.12. The SMILES string of the molecule is CC(NC(=O)C[O])N(C)C. The van der Waals surface area contributed by atoms with Crippen LogP contribution < -0.4 is 5.32 Å². The van der Waals surface area contributed by atoms with Gasteiger partial charge in [0.1, 0.15) is 0 Å². The Morgan fingerprint density at radius 2 is 2.10 bits per heavy atom. The summed E-state index contributed by atoms with van der Waals surface area (Å²) in [5.41, 5.74) is 0. The van der Waals surface area contributed by atoms with Crippen LogP contribution in [0, 0.1) is 0 Å². The van der Waals surface area contributed by atoms with Gasteiger partial charge in [0.2, 0.25) is 0 Å². The molecule has 0 bridgehead atoms. The predicted molar refractivity (Wildman–Crippen MR) is 36.8 cm³/mol. The Morgan fingerprint density at radius 3 is 2.40 bits per heavy atom. The van der Waals surface area contributed by atoms with Gasteiger partial charge in [-0.15, -0.1) is 0 Å². The third kappa shape index (κ3) is 3.42. The average Bonchev–Trinajstić information content (AvgIpc) is 1.87. The summed E-state index contributed by atoms with van der Waals surface area (Å²) >= 11 is 0. The molecule has 0 fully saturated rings. The molecule has 1 N–H and O–H groups in total.